The summed E-state index contributed by atoms with van der Waals surface area (Å²) in [4.78, 5) is -0.0400. The van der Waals surface area contributed by atoms with Crippen LogP contribution in [-0.4, -0.2) is 17.5 Å². The highest BCUT2D eigenvalue weighted by atomic mass is 32.2. The van der Waals surface area contributed by atoms with E-state index in [1.165, 1.54) is 0 Å². The van der Waals surface area contributed by atoms with Crippen molar-refractivity contribution in [1.82, 2.24) is 4.57 Å². The SMILES string of the molecule is Cn1c(-c2ccccc2)c(S(=O)(=O)O)c2ccccc21. The second kappa shape index (κ2) is 4.47. The normalized spacial score (nSPS) is 11.9. The summed E-state index contributed by atoms with van der Waals surface area (Å²) < 4.78 is 35.0. The molecule has 4 nitrogen and oxygen atoms in total. The van der Waals surface area contributed by atoms with Crippen LogP contribution in [0.1, 0.15) is 0 Å². The summed E-state index contributed by atoms with van der Waals surface area (Å²) in [6.45, 7) is 0. The molecule has 0 unspecified atom stereocenters. The highest BCUT2D eigenvalue weighted by Gasteiger charge is 2.25. The molecule has 1 heterocycles. The zero-order valence-corrected chi connectivity index (χ0v) is 11.6. The van der Waals surface area contributed by atoms with E-state index in [-0.39, 0.29) is 4.90 Å². The fraction of sp³-hybridized carbons (Fsp3) is 0.0667. The molecule has 102 valence electrons. The number of hydrogen-bond donors (Lipinski definition) is 1. The molecule has 1 aromatic heterocycles. The molecular formula is C15H13NO3S. The van der Waals surface area contributed by atoms with Crippen molar-refractivity contribution in [3.63, 3.8) is 0 Å². The van der Waals surface area contributed by atoms with Gasteiger partial charge in [-0.3, -0.25) is 4.55 Å². The maximum Gasteiger partial charge on any atom is 0.297 e. The Morgan fingerprint density at radius 3 is 2.20 bits per heavy atom. The molecule has 0 aliphatic rings. The predicted molar refractivity (Wildman–Crippen MR) is 78.2 cm³/mol. The largest absolute Gasteiger partial charge is 0.342 e. The zero-order valence-electron chi connectivity index (χ0n) is 10.8. The molecule has 0 amide bonds. The van der Waals surface area contributed by atoms with E-state index in [2.05, 4.69) is 0 Å². The van der Waals surface area contributed by atoms with Crippen molar-refractivity contribution >= 4 is 21.0 Å². The van der Waals surface area contributed by atoms with E-state index in [1.807, 2.05) is 42.5 Å². The Morgan fingerprint density at radius 1 is 0.950 bits per heavy atom. The lowest BCUT2D eigenvalue weighted by molar-refractivity contribution is 0.484. The van der Waals surface area contributed by atoms with Crippen molar-refractivity contribution in [2.75, 3.05) is 0 Å². The van der Waals surface area contributed by atoms with Crippen molar-refractivity contribution in [2.24, 2.45) is 7.05 Å². The summed E-state index contributed by atoms with van der Waals surface area (Å²) in [5.74, 6) is 0. The lowest BCUT2D eigenvalue weighted by Crippen LogP contribution is -2.01. The van der Waals surface area contributed by atoms with Crippen LogP contribution in [0, 0.1) is 0 Å². The molecule has 0 saturated heterocycles. The van der Waals surface area contributed by atoms with E-state index >= 15 is 0 Å². The first kappa shape index (κ1) is 12.9. The summed E-state index contributed by atoms with van der Waals surface area (Å²) in [6, 6.07) is 16.3. The number of rotatable bonds is 2. The molecule has 3 rings (SSSR count). The fourth-order valence-corrected chi connectivity index (χ4v) is 3.49. The van der Waals surface area contributed by atoms with Gasteiger partial charge in [0.15, 0.2) is 0 Å². The molecule has 0 fully saturated rings. The summed E-state index contributed by atoms with van der Waals surface area (Å²) >= 11 is 0. The molecule has 0 spiro atoms. The van der Waals surface area contributed by atoms with Gasteiger partial charge in [-0.2, -0.15) is 8.42 Å². The molecule has 3 aromatic rings. The van der Waals surface area contributed by atoms with Crippen LogP contribution in [0.15, 0.2) is 59.5 Å². The van der Waals surface area contributed by atoms with Gasteiger partial charge in [0.2, 0.25) is 0 Å². The monoisotopic (exact) mass is 287 g/mol. The van der Waals surface area contributed by atoms with E-state index < -0.39 is 10.1 Å². The van der Waals surface area contributed by atoms with E-state index in [0.717, 1.165) is 11.1 Å². The molecule has 0 aliphatic carbocycles. The first-order valence-corrected chi connectivity index (χ1v) is 7.54. The van der Waals surface area contributed by atoms with Gasteiger partial charge in [0.1, 0.15) is 4.90 Å². The molecule has 1 N–H and O–H groups in total. The Bertz CT molecular complexity index is 880. The van der Waals surface area contributed by atoms with Crippen LogP contribution in [0.2, 0.25) is 0 Å². The molecule has 0 atom stereocenters. The second-order valence-corrected chi connectivity index (χ2v) is 5.95. The standard InChI is InChI=1S/C15H13NO3S/c1-16-13-10-6-5-9-12(13)15(20(17,18)19)14(16)11-7-3-2-4-8-11/h2-10H,1H3,(H,17,18,19). The van der Waals surface area contributed by atoms with Crippen molar-refractivity contribution in [3.05, 3.63) is 54.6 Å². The van der Waals surface area contributed by atoms with Crippen molar-refractivity contribution in [1.29, 1.82) is 0 Å². The Labute approximate surface area is 117 Å². The van der Waals surface area contributed by atoms with Gasteiger partial charge < -0.3 is 4.57 Å². The van der Waals surface area contributed by atoms with E-state index in [0.29, 0.717) is 11.1 Å². The highest BCUT2D eigenvalue weighted by Crippen LogP contribution is 2.35. The lowest BCUT2D eigenvalue weighted by Gasteiger charge is -2.06. The maximum atomic E-state index is 11.8. The summed E-state index contributed by atoms with van der Waals surface area (Å²) in [6.07, 6.45) is 0. The maximum absolute atomic E-state index is 11.8. The fourth-order valence-electron chi connectivity index (χ4n) is 2.54. The third kappa shape index (κ3) is 1.92. The molecule has 2 aromatic carbocycles. The molecule has 20 heavy (non-hydrogen) atoms. The van der Waals surface area contributed by atoms with E-state index in [1.54, 1.807) is 23.7 Å². The van der Waals surface area contributed by atoms with E-state index in [9.17, 15) is 13.0 Å². The molecular weight excluding hydrogens is 274 g/mol. The number of benzene rings is 2. The first-order valence-electron chi connectivity index (χ1n) is 6.10. The lowest BCUT2D eigenvalue weighted by atomic mass is 10.1. The van der Waals surface area contributed by atoms with Crippen LogP contribution in [0.4, 0.5) is 0 Å². The predicted octanol–water partition coefficient (Wildman–Crippen LogP) is 3.09. The van der Waals surface area contributed by atoms with Crippen LogP contribution in [0.25, 0.3) is 22.2 Å². The van der Waals surface area contributed by atoms with Gasteiger partial charge in [-0.15, -0.1) is 0 Å². The number of fused-ring (bicyclic) bond motifs is 1. The Balaban J connectivity index is 2.51. The molecule has 5 heteroatoms. The molecule has 0 saturated carbocycles. The number of nitrogens with zero attached hydrogens (tertiary/aromatic N) is 1. The summed E-state index contributed by atoms with van der Waals surface area (Å²) in [7, 11) is -2.52. The van der Waals surface area contributed by atoms with Gasteiger partial charge in [-0.05, 0) is 11.6 Å². The second-order valence-electron chi connectivity index (χ2n) is 4.59. The smallest absolute Gasteiger partial charge is 0.297 e. The van der Waals surface area contributed by atoms with Gasteiger partial charge in [-0.1, -0.05) is 48.5 Å². The van der Waals surface area contributed by atoms with Crippen molar-refractivity contribution in [2.45, 2.75) is 4.90 Å². The van der Waals surface area contributed by atoms with Crippen LogP contribution >= 0.6 is 0 Å². The third-order valence-corrected chi connectivity index (χ3v) is 4.29. The summed E-state index contributed by atoms with van der Waals surface area (Å²) in [5, 5.41) is 0.524. The van der Waals surface area contributed by atoms with E-state index in [4.69, 9.17) is 0 Å². The number of para-hydroxylation sites is 1. The average Bonchev–Trinajstić information content (AvgIpc) is 2.73. The quantitative estimate of drug-likeness (QED) is 0.737. The number of aryl methyl sites for hydroxylation is 1. The minimum atomic E-state index is -4.31. The number of hydrogen-bond acceptors (Lipinski definition) is 2. The Kier molecular flexibility index (Phi) is 2.88. The van der Waals surface area contributed by atoms with Gasteiger partial charge in [-0.25, -0.2) is 0 Å². The summed E-state index contributed by atoms with van der Waals surface area (Å²) in [5.41, 5.74) is 2.01. The van der Waals surface area contributed by atoms with Crippen LogP contribution in [-0.2, 0) is 17.2 Å². The Hall–Kier alpha value is -2.11. The zero-order chi connectivity index (χ0) is 14.3. The highest BCUT2D eigenvalue weighted by molar-refractivity contribution is 7.86. The first-order chi connectivity index (χ1) is 9.50. The molecule has 0 aliphatic heterocycles. The molecule has 0 radical (unpaired) electrons. The van der Waals surface area contributed by atoms with Gasteiger partial charge in [0.05, 0.1) is 5.69 Å². The van der Waals surface area contributed by atoms with Crippen LogP contribution in [0.3, 0.4) is 0 Å². The van der Waals surface area contributed by atoms with Crippen molar-refractivity contribution < 1.29 is 13.0 Å². The van der Waals surface area contributed by atoms with Crippen molar-refractivity contribution in [3.8, 4) is 11.3 Å². The minimum absolute atomic E-state index is 0.0400. The van der Waals surface area contributed by atoms with Gasteiger partial charge in [0, 0.05) is 18.0 Å². The average molecular weight is 287 g/mol. The Morgan fingerprint density at radius 2 is 1.55 bits per heavy atom. The van der Waals surface area contributed by atoms with Gasteiger partial charge in [0.25, 0.3) is 10.1 Å². The van der Waals surface area contributed by atoms with Gasteiger partial charge >= 0.3 is 0 Å². The molecule has 0 bridgehead atoms. The van der Waals surface area contributed by atoms with Crippen LogP contribution in [0.5, 0.6) is 0 Å². The third-order valence-electron chi connectivity index (χ3n) is 3.37. The topological polar surface area (TPSA) is 59.3 Å². The number of aromatic nitrogens is 1. The minimum Gasteiger partial charge on any atom is -0.342 e. The van der Waals surface area contributed by atoms with Crippen LogP contribution < -0.4 is 0 Å².